The number of nitrogens with one attached hydrogen (secondary N) is 2. The maximum absolute atomic E-state index is 11.9. The van der Waals surface area contributed by atoms with Crippen molar-refractivity contribution in [3.63, 3.8) is 0 Å². The van der Waals surface area contributed by atoms with Gasteiger partial charge in [0, 0.05) is 10.2 Å². The number of aromatic nitrogens is 2. The summed E-state index contributed by atoms with van der Waals surface area (Å²) in [4.78, 5) is 19.5. The smallest absolute Gasteiger partial charge is 0.234 e. The molecule has 4 nitrogen and oxygen atoms in total. The third-order valence-corrected chi connectivity index (χ3v) is 4.52. The molecule has 0 aliphatic rings. The maximum atomic E-state index is 11.9. The molecule has 23 heavy (non-hydrogen) atoms. The summed E-state index contributed by atoms with van der Waals surface area (Å²) >= 11 is 4.80. The molecule has 2 N–H and O–H groups in total. The number of carbonyl (C=O) groups is 1. The minimum absolute atomic E-state index is 0.0530. The molecule has 3 rings (SSSR count). The Morgan fingerprint density at radius 1 is 1.13 bits per heavy atom. The van der Waals surface area contributed by atoms with E-state index >= 15 is 0 Å². The number of amides is 1. The number of hydrogen-bond donors (Lipinski definition) is 2. The lowest BCUT2D eigenvalue weighted by Gasteiger charge is -2.03. The molecule has 1 aromatic heterocycles. The van der Waals surface area contributed by atoms with Gasteiger partial charge in [-0.05, 0) is 29.8 Å². The van der Waals surface area contributed by atoms with Gasteiger partial charge in [-0.3, -0.25) is 4.79 Å². The van der Waals surface area contributed by atoms with Crippen molar-refractivity contribution in [1.82, 2.24) is 9.97 Å². The lowest BCUT2D eigenvalue weighted by atomic mass is 10.2. The molecule has 0 saturated carbocycles. The molecule has 6 heteroatoms. The second-order valence-electron chi connectivity index (χ2n) is 4.81. The van der Waals surface area contributed by atoms with Gasteiger partial charge in [-0.25, -0.2) is 4.98 Å². The molecule has 0 radical (unpaired) electrons. The molecule has 0 atom stereocenters. The number of thioether (sulfide) groups is 1. The van der Waals surface area contributed by atoms with E-state index in [4.69, 9.17) is 0 Å². The summed E-state index contributed by atoms with van der Waals surface area (Å²) in [6.07, 6.45) is 1.78. The summed E-state index contributed by atoms with van der Waals surface area (Å²) in [7, 11) is 0. The first-order chi connectivity index (χ1) is 11.2. The van der Waals surface area contributed by atoms with E-state index in [1.165, 1.54) is 11.8 Å². The highest BCUT2D eigenvalue weighted by Crippen LogP contribution is 2.23. The van der Waals surface area contributed by atoms with Gasteiger partial charge in [0.25, 0.3) is 0 Å². The molecule has 1 amide bonds. The Bertz CT molecular complexity index is 787. The molecule has 0 aliphatic carbocycles. The molecule has 0 spiro atoms. The van der Waals surface area contributed by atoms with Crippen molar-refractivity contribution in [2.75, 3.05) is 11.1 Å². The fraction of sp³-hybridized carbons (Fsp3) is 0.0588. The summed E-state index contributed by atoms with van der Waals surface area (Å²) in [5.41, 5.74) is 2.79. The van der Waals surface area contributed by atoms with Gasteiger partial charge < -0.3 is 10.3 Å². The van der Waals surface area contributed by atoms with Crippen LogP contribution in [-0.2, 0) is 4.79 Å². The second-order valence-corrected chi connectivity index (χ2v) is 6.69. The van der Waals surface area contributed by atoms with Crippen LogP contribution in [0.5, 0.6) is 0 Å². The van der Waals surface area contributed by atoms with Crippen LogP contribution in [0.1, 0.15) is 0 Å². The molecule has 3 aromatic rings. The summed E-state index contributed by atoms with van der Waals surface area (Å²) in [5.74, 6) is 0.255. The molecule has 1 heterocycles. The Kier molecular flexibility index (Phi) is 5.15. The van der Waals surface area contributed by atoms with Gasteiger partial charge in [0.2, 0.25) is 5.91 Å². The third-order valence-electron chi connectivity index (χ3n) is 3.11. The Balaban J connectivity index is 1.57. The molecule has 2 aromatic carbocycles. The Labute approximate surface area is 146 Å². The number of para-hydroxylation sites is 1. The zero-order valence-electron chi connectivity index (χ0n) is 12.1. The predicted octanol–water partition coefficient (Wildman–Crippen LogP) is 4.57. The van der Waals surface area contributed by atoms with Crippen molar-refractivity contribution < 1.29 is 4.79 Å². The van der Waals surface area contributed by atoms with E-state index in [1.54, 1.807) is 6.20 Å². The van der Waals surface area contributed by atoms with Crippen LogP contribution in [0, 0.1) is 0 Å². The minimum Gasteiger partial charge on any atom is -0.333 e. The maximum Gasteiger partial charge on any atom is 0.234 e. The van der Waals surface area contributed by atoms with Crippen molar-refractivity contribution in [2.45, 2.75) is 5.16 Å². The number of carbonyl (C=O) groups excluding carboxylic acids is 1. The van der Waals surface area contributed by atoms with Crippen LogP contribution in [0.3, 0.4) is 0 Å². The van der Waals surface area contributed by atoms with Crippen LogP contribution in [0.25, 0.3) is 11.3 Å². The number of nitrogens with zero attached hydrogens (tertiary/aromatic N) is 1. The number of hydrogen-bond acceptors (Lipinski definition) is 3. The highest BCUT2D eigenvalue weighted by atomic mass is 79.9. The van der Waals surface area contributed by atoms with E-state index in [0.717, 1.165) is 26.6 Å². The van der Waals surface area contributed by atoms with E-state index in [0.29, 0.717) is 5.75 Å². The first kappa shape index (κ1) is 15.8. The van der Waals surface area contributed by atoms with Crippen molar-refractivity contribution in [3.05, 3.63) is 65.3 Å². The number of benzene rings is 2. The summed E-state index contributed by atoms with van der Waals surface area (Å²) in [5, 5.41) is 3.58. The van der Waals surface area contributed by atoms with E-state index in [1.807, 2.05) is 54.6 Å². The zero-order chi connectivity index (χ0) is 16.1. The standard InChI is InChI=1S/C17H14BrN3OS/c18-13-8-6-12(7-9-13)15-10-19-17(21-15)23-11-16(22)20-14-4-2-1-3-5-14/h1-10H,11H2,(H,19,21)(H,20,22). The summed E-state index contributed by atoms with van der Waals surface area (Å²) in [6.45, 7) is 0. The van der Waals surface area contributed by atoms with Gasteiger partial charge in [0.15, 0.2) is 5.16 Å². The Morgan fingerprint density at radius 2 is 1.87 bits per heavy atom. The number of aromatic amines is 1. The van der Waals surface area contributed by atoms with Crippen LogP contribution in [0.4, 0.5) is 5.69 Å². The third kappa shape index (κ3) is 4.46. The lowest BCUT2D eigenvalue weighted by Crippen LogP contribution is -2.13. The summed E-state index contributed by atoms with van der Waals surface area (Å²) in [6, 6.07) is 17.4. The van der Waals surface area contributed by atoms with Crippen LogP contribution >= 0.6 is 27.7 Å². The number of halogens is 1. The molecule has 0 fully saturated rings. The predicted molar refractivity (Wildman–Crippen MR) is 97.5 cm³/mol. The topological polar surface area (TPSA) is 57.8 Å². The van der Waals surface area contributed by atoms with Gasteiger partial charge in [-0.2, -0.15) is 0 Å². The van der Waals surface area contributed by atoms with E-state index in [9.17, 15) is 4.79 Å². The Morgan fingerprint density at radius 3 is 2.61 bits per heavy atom. The first-order valence-electron chi connectivity index (χ1n) is 6.99. The number of anilines is 1. The monoisotopic (exact) mass is 387 g/mol. The fourth-order valence-corrected chi connectivity index (χ4v) is 2.92. The second kappa shape index (κ2) is 7.48. The van der Waals surface area contributed by atoms with Gasteiger partial charge in [-0.15, -0.1) is 0 Å². The van der Waals surface area contributed by atoms with Crippen molar-refractivity contribution >= 4 is 39.3 Å². The molecule has 0 aliphatic heterocycles. The molecular formula is C17H14BrN3OS. The lowest BCUT2D eigenvalue weighted by molar-refractivity contribution is -0.113. The average Bonchev–Trinajstić information content (AvgIpc) is 3.04. The van der Waals surface area contributed by atoms with Crippen LogP contribution in [0.2, 0.25) is 0 Å². The van der Waals surface area contributed by atoms with Gasteiger partial charge >= 0.3 is 0 Å². The fourth-order valence-electron chi connectivity index (χ4n) is 2.00. The zero-order valence-corrected chi connectivity index (χ0v) is 14.5. The number of imidazole rings is 1. The minimum atomic E-state index is -0.0530. The van der Waals surface area contributed by atoms with E-state index in [-0.39, 0.29) is 5.91 Å². The molecule has 0 unspecified atom stereocenters. The highest BCUT2D eigenvalue weighted by molar-refractivity contribution is 9.10. The van der Waals surface area contributed by atoms with Crippen molar-refractivity contribution in [3.8, 4) is 11.3 Å². The SMILES string of the molecule is O=C(CSc1ncc(-c2ccc(Br)cc2)[nH]1)Nc1ccccc1. The summed E-state index contributed by atoms with van der Waals surface area (Å²) < 4.78 is 1.04. The van der Waals surface area contributed by atoms with Gasteiger partial charge in [0.1, 0.15) is 0 Å². The first-order valence-corrected chi connectivity index (χ1v) is 8.77. The molecule has 0 bridgehead atoms. The Hall–Kier alpha value is -2.05. The van der Waals surface area contributed by atoms with Crippen molar-refractivity contribution in [2.24, 2.45) is 0 Å². The van der Waals surface area contributed by atoms with E-state index < -0.39 is 0 Å². The molecule has 116 valence electrons. The van der Waals surface area contributed by atoms with Crippen LogP contribution in [0.15, 0.2) is 70.4 Å². The molecular weight excluding hydrogens is 374 g/mol. The van der Waals surface area contributed by atoms with Crippen molar-refractivity contribution in [1.29, 1.82) is 0 Å². The average molecular weight is 388 g/mol. The van der Waals surface area contributed by atoms with E-state index in [2.05, 4.69) is 31.2 Å². The normalized spacial score (nSPS) is 10.5. The number of H-pyrrole nitrogens is 1. The van der Waals surface area contributed by atoms with Crippen LogP contribution < -0.4 is 5.32 Å². The molecule has 0 saturated heterocycles. The highest BCUT2D eigenvalue weighted by Gasteiger charge is 2.07. The number of rotatable bonds is 5. The van der Waals surface area contributed by atoms with Crippen LogP contribution in [-0.4, -0.2) is 21.6 Å². The quantitative estimate of drug-likeness (QED) is 0.630. The van der Waals surface area contributed by atoms with Gasteiger partial charge in [0.05, 0.1) is 17.6 Å². The van der Waals surface area contributed by atoms with Gasteiger partial charge in [-0.1, -0.05) is 58.0 Å². The largest absolute Gasteiger partial charge is 0.333 e.